The number of ketones is 1. The smallest absolute Gasteiger partial charge is 0.312 e. The fourth-order valence-corrected chi connectivity index (χ4v) is 6.68. The molecule has 1 unspecified atom stereocenters. The van der Waals surface area contributed by atoms with Crippen molar-refractivity contribution in [1.82, 2.24) is 19.9 Å². The lowest BCUT2D eigenvalue weighted by molar-refractivity contribution is -0.849. The van der Waals surface area contributed by atoms with E-state index in [1.54, 1.807) is 32.4 Å². The average molecular weight is 739 g/mol. The number of halogens is 1. The van der Waals surface area contributed by atoms with Crippen LogP contribution in [-0.2, 0) is 38.3 Å². The minimum Gasteiger partial charge on any atom is -0.388 e. The molecule has 18 heteroatoms. The van der Waals surface area contributed by atoms with E-state index in [1.165, 1.54) is 71.1 Å². The van der Waals surface area contributed by atoms with E-state index in [4.69, 9.17) is 22.7 Å². The highest BCUT2D eigenvalue weighted by molar-refractivity contribution is 7.91. The van der Waals surface area contributed by atoms with Crippen molar-refractivity contribution < 1.29 is 37.0 Å². The van der Waals surface area contributed by atoms with Crippen LogP contribution < -0.4 is 27.1 Å². The van der Waals surface area contributed by atoms with Crippen LogP contribution >= 0.6 is 11.6 Å². The number of nitrogens with one attached hydrogen (secondary N) is 5. The molecule has 1 aliphatic heterocycles. The van der Waals surface area contributed by atoms with E-state index in [2.05, 4.69) is 21.4 Å². The van der Waals surface area contributed by atoms with Crippen molar-refractivity contribution in [3.8, 4) is 0 Å². The molecule has 1 atom stereocenters. The van der Waals surface area contributed by atoms with E-state index in [0.29, 0.717) is 17.7 Å². The molecule has 0 fully saturated rings. The monoisotopic (exact) mass is 738 g/mol. The van der Waals surface area contributed by atoms with Gasteiger partial charge in [-0.3, -0.25) is 29.4 Å². The molecule has 0 radical (unpaired) electrons. The summed E-state index contributed by atoms with van der Waals surface area (Å²) in [4.78, 5) is 63.8. The van der Waals surface area contributed by atoms with Gasteiger partial charge in [0, 0.05) is 51.4 Å². The maximum Gasteiger partial charge on any atom is 0.312 e. The molecule has 268 valence electrons. The number of likely N-dealkylation sites (N-methyl/N-ethyl adjacent to an activating group) is 1. The van der Waals surface area contributed by atoms with Crippen molar-refractivity contribution in [3.63, 3.8) is 0 Å². The highest BCUT2D eigenvalue weighted by Crippen LogP contribution is 2.27. The van der Waals surface area contributed by atoms with Gasteiger partial charge in [0.2, 0.25) is 5.70 Å². The summed E-state index contributed by atoms with van der Waals surface area (Å²) in [5.74, 6) is -2.36. The van der Waals surface area contributed by atoms with Crippen LogP contribution in [0.25, 0.3) is 6.08 Å². The van der Waals surface area contributed by atoms with Gasteiger partial charge in [-0.2, -0.15) is 10.0 Å². The van der Waals surface area contributed by atoms with Crippen LogP contribution in [0, 0.1) is 5.41 Å². The lowest BCUT2D eigenvalue weighted by atomic mass is 10.1. The van der Waals surface area contributed by atoms with Crippen LogP contribution in [0.4, 0.5) is 11.4 Å². The quantitative estimate of drug-likeness (QED) is 0.0316. The van der Waals surface area contributed by atoms with Gasteiger partial charge in [0.05, 0.1) is 33.4 Å². The first kappa shape index (κ1) is 38.0. The number of carbonyl (C=O) groups is 5. The van der Waals surface area contributed by atoms with Crippen LogP contribution in [0.3, 0.4) is 0 Å². The first-order valence-corrected chi connectivity index (χ1v) is 17.5. The Morgan fingerprint density at radius 3 is 2.12 bits per heavy atom. The molecule has 0 aliphatic carbocycles. The number of alkyl halides is 1. The third-order valence-corrected chi connectivity index (χ3v) is 9.86. The van der Waals surface area contributed by atoms with E-state index < -0.39 is 37.9 Å². The highest BCUT2D eigenvalue weighted by Gasteiger charge is 2.39. The third-order valence-electron chi connectivity index (χ3n) is 7.71. The number of nitrogens with zero attached hydrogens (tertiary/aromatic N) is 3. The summed E-state index contributed by atoms with van der Waals surface area (Å²) in [5.41, 5.74) is 9.55. The van der Waals surface area contributed by atoms with Crippen molar-refractivity contribution in [2.45, 2.75) is 11.3 Å². The van der Waals surface area contributed by atoms with Gasteiger partial charge in [-0.1, -0.05) is 18.2 Å². The number of anilines is 2. The molecule has 0 spiro atoms. The zero-order chi connectivity index (χ0) is 37.5. The number of carbonyl (C=O) groups excluding carboxylic acids is 5. The summed E-state index contributed by atoms with van der Waals surface area (Å²) in [6.07, 6.45) is 9.12. The lowest BCUT2D eigenvalue weighted by Gasteiger charge is -2.25. The van der Waals surface area contributed by atoms with Crippen LogP contribution in [0.5, 0.6) is 0 Å². The molecule has 0 bridgehead atoms. The number of rotatable bonds is 16. The van der Waals surface area contributed by atoms with Crippen LogP contribution in [0.15, 0.2) is 83.3 Å². The second-order valence-corrected chi connectivity index (χ2v) is 14.1. The molecule has 51 heavy (non-hydrogen) atoms. The predicted molar refractivity (Wildman–Crippen MR) is 191 cm³/mol. The van der Waals surface area contributed by atoms with Crippen LogP contribution in [-0.4, -0.2) is 83.1 Å². The SMILES string of the molecule is Cn1cc(NC(=O)c2cc(NC(=O)C3=CC(C(=O)C=Cc4ccc(S(=O)(=O)CCCl)cc4)=C[N+]3(C)NC=O)cn2C)cc1C(=O)NCCC(=N)N. The number of amidine groups is 1. The van der Waals surface area contributed by atoms with Gasteiger partial charge in [-0.05, 0) is 35.9 Å². The van der Waals surface area contributed by atoms with Crippen molar-refractivity contribution >= 4 is 74.6 Å². The molecule has 0 saturated heterocycles. The van der Waals surface area contributed by atoms with Gasteiger partial charge < -0.3 is 30.8 Å². The molecule has 4 amide bonds. The van der Waals surface area contributed by atoms with Crippen molar-refractivity contribution in [1.29, 1.82) is 5.41 Å². The lowest BCUT2D eigenvalue weighted by Crippen LogP contribution is -2.50. The van der Waals surface area contributed by atoms with Crippen molar-refractivity contribution in [3.05, 3.63) is 95.4 Å². The molecule has 7 N–H and O–H groups in total. The Balaban J connectivity index is 1.44. The Labute approximate surface area is 298 Å². The Morgan fingerprint density at radius 1 is 0.961 bits per heavy atom. The summed E-state index contributed by atoms with van der Waals surface area (Å²) in [5, 5.41) is 15.3. The van der Waals surface area contributed by atoms with E-state index >= 15 is 0 Å². The molecule has 2 aromatic heterocycles. The predicted octanol–water partition coefficient (Wildman–Crippen LogP) is 1.79. The summed E-state index contributed by atoms with van der Waals surface area (Å²) in [7, 11) is 1.22. The largest absolute Gasteiger partial charge is 0.388 e. The first-order valence-electron chi connectivity index (χ1n) is 15.3. The molecule has 16 nitrogen and oxygen atoms in total. The Morgan fingerprint density at radius 2 is 1.55 bits per heavy atom. The third kappa shape index (κ3) is 9.27. The van der Waals surface area contributed by atoms with Crippen molar-refractivity contribution in [2.24, 2.45) is 19.8 Å². The number of benzene rings is 1. The minimum absolute atomic E-state index is 0.000880. The topological polar surface area (TPSA) is 227 Å². The van der Waals surface area contributed by atoms with Crippen LogP contribution in [0.1, 0.15) is 33.0 Å². The van der Waals surface area contributed by atoms with Gasteiger partial charge >= 0.3 is 5.91 Å². The zero-order valence-electron chi connectivity index (χ0n) is 27.9. The number of hydrogen-bond acceptors (Lipinski definition) is 8. The van der Waals surface area contributed by atoms with Gasteiger partial charge in [-0.15, -0.1) is 11.6 Å². The zero-order valence-corrected chi connectivity index (χ0v) is 29.5. The summed E-state index contributed by atoms with van der Waals surface area (Å²) in [6.45, 7) is 0.187. The summed E-state index contributed by atoms with van der Waals surface area (Å²) >= 11 is 5.58. The summed E-state index contributed by atoms with van der Waals surface area (Å²) in [6, 6.07) is 8.85. The maximum absolute atomic E-state index is 13.5. The van der Waals surface area contributed by atoms with E-state index in [-0.39, 0.29) is 63.7 Å². The first-order chi connectivity index (χ1) is 24.1. The van der Waals surface area contributed by atoms with Gasteiger partial charge in [0.1, 0.15) is 24.6 Å². The number of amides is 4. The number of allylic oxidation sites excluding steroid dienone is 3. The highest BCUT2D eigenvalue weighted by atomic mass is 35.5. The number of nitrogens with two attached hydrogens (primary N) is 1. The standard InChI is InChI=1S/C33H36ClN9O7S/c1-41-17-23(15-26(41)31(46)37-12-10-30(35)36)39-32(47)27-16-24(18-42(27)2)40-33(48)28-14-22(19-43(28,3)38-20-44)29(45)9-6-21-4-7-25(8-5-21)51(49,50)13-11-34/h4-9,14-20H,10-13H2,1-3H3,(H6-,35,36,37,38,39,40,44,46,47,48)/p+1. The van der Waals surface area contributed by atoms with E-state index in [0.717, 1.165) is 0 Å². The average Bonchev–Trinajstić information content (AvgIpc) is 3.73. The Hall–Kier alpha value is -5.78. The molecule has 1 aliphatic rings. The molecule has 0 saturated carbocycles. The number of quaternary nitrogens is 1. The second-order valence-electron chi connectivity index (χ2n) is 11.6. The van der Waals surface area contributed by atoms with Gasteiger partial charge in [0.15, 0.2) is 15.6 Å². The maximum atomic E-state index is 13.5. The van der Waals surface area contributed by atoms with Crippen LogP contribution in [0.2, 0.25) is 0 Å². The van der Waals surface area contributed by atoms with Gasteiger partial charge in [-0.25, -0.2) is 8.42 Å². The Kier molecular flexibility index (Phi) is 11.8. The summed E-state index contributed by atoms with van der Waals surface area (Å²) < 4.78 is 26.9. The molecular formula is C33H37ClN9O7S+. The molecule has 3 aromatic rings. The number of aryl methyl sites for hydroxylation is 2. The van der Waals surface area contributed by atoms with Crippen molar-refractivity contribution in [2.75, 3.05) is 35.9 Å². The number of hydrogen-bond donors (Lipinski definition) is 6. The van der Waals surface area contributed by atoms with Gasteiger partial charge in [0.25, 0.3) is 18.2 Å². The Bertz CT molecular complexity index is 2100. The fraction of sp³-hybridized carbons (Fsp3) is 0.212. The molecular weight excluding hydrogens is 702 g/mol. The molecule has 1 aromatic carbocycles. The van der Waals surface area contributed by atoms with E-state index in [1.807, 2.05) is 0 Å². The molecule has 4 rings (SSSR count). The van der Waals surface area contributed by atoms with E-state index in [9.17, 15) is 32.4 Å². The fourth-order valence-electron chi connectivity index (χ4n) is 5.08. The minimum atomic E-state index is -3.51. The number of sulfone groups is 1. The molecule has 3 heterocycles. The second kappa shape index (κ2) is 15.8. The number of aromatic nitrogens is 2. The normalized spacial score (nSPS) is 15.5.